The number of hydrogen-bond acceptors (Lipinski definition) is 6. The molecule has 0 aliphatic heterocycles. The van der Waals surface area contributed by atoms with Crippen molar-refractivity contribution in [2.24, 2.45) is 0 Å². The molecule has 2 heterocycles. The molecule has 1 aliphatic carbocycles. The number of aromatic nitrogens is 2. The highest BCUT2D eigenvalue weighted by Crippen LogP contribution is 2.34. The number of aryl methyl sites for hydroxylation is 2. The minimum Gasteiger partial charge on any atom is -0.468 e. The smallest absolute Gasteiger partial charge is 0.316 e. The molecule has 0 bridgehead atoms. The van der Waals surface area contributed by atoms with Gasteiger partial charge in [-0.15, -0.1) is 11.3 Å². The van der Waals surface area contributed by atoms with Crippen molar-refractivity contribution >= 4 is 39.3 Å². The molecular weight excluding hydrogens is 332 g/mol. The summed E-state index contributed by atoms with van der Waals surface area (Å²) >= 11 is 2.84. The maximum Gasteiger partial charge on any atom is 0.316 e. The zero-order chi connectivity index (χ0) is 16.6. The van der Waals surface area contributed by atoms with Crippen molar-refractivity contribution in [2.45, 2.75) is 50.7 Å². The van der Waals surface area contributed by atoms with Gasteiger partial charge in [-0.25, -0.2) is 4.98 Å². The minimum atomic E-state index is -0.305. The van der Waals surface area contributed by atoms with E-state index in [-0.39, 0.29) is 23.3 Å². The van der Waals surface area contributed by atoms with Gasteiger partial charge >= 0.3 is 5.97 Å². The Labute approximate surface area is 143 Å². The van der Waals surface area contributed by atoms with Crippen LogP contribution in [0.1, 0.15) is 42.2 Å². The van der Waals surface area contributed by atoms with Crippen LogP contribution in [-0.2, 0) is 9.53 Å². The van der Waals surface area contributed by atoms with Crippen molar-refractivity contribution in [3.8, 4) is 0 Å². The number of fused-ring (bicyclic) bond motifs is 1. The Hall–Kier alpha value is -1.34. The molecule has 2 aromatic rings. The third-order valence-corrected chi connectivity index (χ3v) is 6.47. The summed E-state index contributed by atoms with van der Waals surface area (Å²) < 4.78 is 6.53. The molecule has 3 rings (SSSR count). The van der Waals surface area contributed by atoms with Crippen LogP contribution in [0.2, 0.25) is 0 Å². The number of rotatable bonds is 4. The van der Waals surface area contributed by atoms with Crippen LogP contribution in [0, 0.1) is 13.8 Å². The monoisotopic (exact) mass is 352 g/mol. The van der Waals surface area contributed by atoms with Crippen LogP contribution >= 0.6 is 23.1 Å². The molecule has 5 nitrogen and oxygen atoms in total. The van der Waals surface area contributed by atoms with E-state index in [1.165, 1.54) is 18.9 Å². The van der Waals surface area contributed by atoms with E-state index in [4.69, 9.17) is 9.72 Å². The largest absolute Gasteiger partial charge is 0.468 e. The van der Waals surface area contributed by atoms with Crippen LogP contribution in [0.25, 0.3) is 10.2 Å². The van der Waals surface area contributed by atoms with Gasteiger partial charge in [0.15, 0.2) is 5.16 Å². The third kappa shape index (κ3) is 3.04. The summed E-state index contributed by atoms with van der Waals surface area (Å²) in [5.74, 6) is -0.134. The standard InChI is InChI=1S/C16H20N2O3S2/c1-9-10(2)23-14-13(9)15(20)18(11-6-4-5-7-11)16(17-14)22-8-12(19)21-3/h11H,4-8H2,1-3H3. The van der Waals surface area contributed by atoms with Gasteiger partial charge in [-0.1, -0.05) is 24.6 Å². The van der Waals surface area contributed by atoms with E-state index in [1.807, 2.05) is 18.4 Å². The van der Waals surface area contributed by atoms with Crippen LogP contribution < -0.4 is 5.56 Å². The summed E-state index contributed by atoms with van der Waals surface area (Å²) in [7, 11) is 1.37. The molecule has 0 radical (unpaired) electrons. The summed E-state index contributed by atoms with van der Waals surface area (Å²) in [5.41, 5.74) is 1.06. The molecule has 0 amide bonds. The molecule has 0 aromatic carbocycles. The first-order valence-corrected chi connectivity index (χ1v) is 9.55. The average Bonchev–Trinajstić information content (AvgIpc) is 3.14. The molecular formula is C16H20N2O3S2. The predicted octanol–water partition coefficient (Wildman–Crippen LogP) is 3.46. The van der Waals surface area contributed by atoms with E-state index >= 15 is 0 Å². The molecule has 0 spiro atoms. The number of esters is 1. The van der Waals surface area contributed by atoms with E-state index in [0.717, 1.165) is 46.3 Å². The zero-order valence-corrected chi connectivity index (χ0v) is 15.2. The topological polar surface area (TPSA) is 61.2 Å². The molecule has 1 saturated carbocycles. The highest BCUT2D eigenvalue weighted by Gasteiger charge is 2.25. The van der Waals surface area contributed by atoms with E-state index in [9.17, 15) is 9.59 Å². The molecule has 0 saturated heterocycles. The van der Waals surface area contributed by atoms with Crippen molar-refractivity contribution in [3.63, 3.8) is 0 Å². The number of thiophene rings is 1. The fourth-order valence-corrected chi connectivity index (χ4v) is 5.03. The second-order valence-corrected chi connectivity index (χ2v) is 7.98. The molecule has 124 valence electrons. The van der Waals surface area contributed by atoms with Crippen molar-refractivity contribution in [1.82, 2.24) is 9.55 Å². The molecule has 1 aliphatic rings. The Morgan fingerprint density at radius 3 is 2.74 bits per heavy atom. The first-order valence-electron chi connectivity index (χ1n) is 7.74. The first kappa shape index (κ1) is 16.5. The summed E-state index contributed by atoms with van der Waals surface area (Å²) in [6, 6.07) is 0.194. The van der Waals surface area contributed by atoms with E-state index < -0.39 is 0 Å². The van der Waals surface area contributed by atoms with Gasteiger partial charge in [0.05, 0.1) is 18.2 Å². The van der Waals surface area contributed by atoms with E-state index in [0.29, 0.717) is 5.16 Å². The predicted molar refractivity (Wildman–Crippen MR) is 93.6 cm³/mol. The van der Waals surface area contributed by atoms with Gasteiger partial charge in [0.25, 0.3) is 5.56 Å². The Balaban J connectivity index is 2.13. The highest BCUT2D eigenvalue weighted by atomic mass is 32.2. The maximum absolute atomic E-state index is 13.1. The second-order valence-electron chi connectivity index (χ2n) is 5.84. The summed E-state index contributed by atoms with van der Waals surface area (Å²) in [5, 5.41) is 1.38. The summed E-state index contributed by atoms with van der Waals surface area (Å²) in [6.45, 7) is 4.00. The van der Waals surface area contributed by atoms with Crippen molar-refractivity contribution < 1.29 is 9.53 Å². The Morgan fingerprint density at radius 1 is 1.39 bits per heavy atom. The third-order valence-electron chi connectivity index (χ3n) is 4.44. The highest BCUT2D eigenvalue weighted by molar-refractivity contribution is 7.99. The number of nitrogens with zero attached hydrogens (tertiary/aromatic N) is 2. The molecule has 23 heavy (non-hydrogen) atoms. The van der Waals surface area contributed by atoms with Gasteiger partial charge in [0.2, 0.25) is 0 Å². The van der Waals surface area contributed by atoms with E-state index in [1.54, 1.807) is 11.3 Å². The average molecular weight is 352 g/mol. The fraction of sp³-hybridized carbons (Fsp3) is 0.562. The molecule has 1 fully saturated rings. The van der Waals surface area contributed by atoms with Crippen LogP contribution in [0.5, 0.6) is 0 Å². The molecule has 0 unspecified atom stereocenters. The fourth-order valence-electron chi connectivity index (χ4n) is 3.06. The van der Waals surface area contributed by atoms with Crippen molar-refractivity contribution in [3.05, 3.63) is 20.8 Å². The normalized spacial score (nSPS) is 15.4. The maximum atomic E-state index is 13.1. The van der Waals surface area contributed by atoms with Gasteiger partial charge in [-0.3, -0.25) is 14.2 Å². The zero-order valence-electron chi connectivity index (χ0n) is 13.5. The lowest BCUT2D eigenvalue weighted by molar-refractivity contribution is -0.137. The molecule has 0 atom stereocenters. The van der Waals surface area contributed by atoms with Gasteiger partial charge < -0.3 is 4.74 Å². The number of hydrogen-bond donors (Lipinski definition) is 0. The lowest BCUT2D eigenvalue weighted by atomic mass is 10.2. The van der Waals surface area contributed by atoms with Gasteiger partial charge in [0.1, 0.15) is 4.83 Å². The van der Waals surface area contributed by atoms with Gasteiger partial charge in [-0.05, 0) is 32.3 Å². The van der Waals surface area contributed by atoms with Gasteiger partial charge in [-0.2, -0.15) is 0 Å². The SMILES string of the molecule is COC(=O)CSc1nc2sc(C)c(C)c2c(=O)n1C1CCCC1. The Kier molecular flexibility index (Phi) is 4.77. The molecule has 2 aromatic heterocycles. The Bertz CT molecular complexity index is 804. The summed E-state index contributed by atoms with van der Waals surface area (Å²) in [6.07, 6.45) is 4.28. The first-order chi connectivity index (χ1) is 11.0. The van der Waals surface area contributed by atoms with Crippen LogP contribution in [0.4, 0.5) is 0 Å². The molecule has 0 N–H and O–H groups in total. The van der Waals surface area contributed by atoms with Crippen LogP contribution in [0.15, 0.2) is 9.95 Å². The number of methoxy groups -OCH3 is 1. The quantitative estimate of drug-likeness (QED) is 0.479. The Morgan fingerprint density at radius 2 is 2.09 bits per heavy atom. The van der Waals surface area contributed by atoms with Crippen molar-refractivity contribution in [2.75, 3.05) is 12.9 Å². The molecule has 7 heteroatoms. The second kappa shape index (κ2) is 6.65. The number of thioether (sulfide) groups is 1. The summed E-state index contributed by atoms with van der Waals surface area (Å²) in [4.78, 5) is 31.2. The van der Waals surface area contributed by atoms with Gasteiger partial charge in [0, 0.05) is 10.9 Å². The number of carbonyl (C=O) groups is 1. The van der Waals surface area contributed by atoms with Crippen molar-refractivity contribution in [1.29, 1.82) is 0 Å². The lowest BCUT2D eigenvalue weighted by Crippen LogP contribution is -2.26. The van der Waals surface area contributed by atoms with Crippen LogP contribution in [0.3, 0.4) is 0 Å². The number of ether oxygens (including phenoxy) is 1. The number of carbonyl (C=O) groups excluding carboxylic acids is 1. The lowest BCUT2D eigenvalue weighted by Gasteiger charge is -2.17. The van der Waals surface area contributed by atoms with Crippen LogP contribution in [-0.4, -0.2) is 28.4 Å². The van der Waals surface area contributed by atoms with E-state index in [2.05, 4.69) is 0 Å². The minimum absolute atomic E-state index is 0.0381.